The van der Waals surface area contributed by atoms with Gasteiger partial charge in [-0.2, -0.15) is 0 Å². The van der Waals surface area contributed by atoms with Gasteiger partial charge in [0.05, 0.1) is 6.26 Å². The van der Waals surface area contributed by atoms with Gasteiger partial charge in [0.1, 0.15) is 25.6 Å². The van der Waals surface area contributed by atoms with Gasteiger partial charge in [0.25, 0.3) is 0 Å². The predicted octanol–water partition coefficient (Wildman–Crippen LogP) is 4.25. The molecule has 4 nitrogen and oxygen atoms in total. The van der Waals surface area contributed by atoms with Crippen molar-refractivity contribution in [3.63, 3.8) is 0 Å². The van der Waals surface area contributed by atoms with E-state index < -0.39 is 11.3 Å². The molecule has 0 heterocycles. The molecular formula is C19H19ClO4. The molecule has 0 spiro atoms. The highest BCUT2D eigenvalue weighted by molar-refractivity contribution is 6.29. The molecule has 0 aliphatic rings. The molecule has 0 amide bonds. The van der Waals surface area contributed by atoms with Crippen molar-refractivity contribution >= 4 is 17.6 Å². The van der Waals surface area contributed by atoms with E-state index in [-0.39, 0.29) is 6.61 Å². The van der Waals surface area contributed by atoms with Crippen LogP contribution in [0.1, 0.15) is 16.5 Å². The fourth-order valence-corrected chi connectivity index (χ4v) is 2.21. The standard InChI is InChI=1S/C19H19ClO4/c1-2-22-11-12-23-17-10-6-7-15(13-17)14-24-19(21)18(20)16-8-4-3-5-9-16/h2-10,13,18H,1,11-12,14H2. The Balaban J connectivity index is 1.85. The quantitative estimate of drug-likeness (QED) is 0.295. The van der Waals surface area contributed by atoms with E-state index in [9.17, 15) is 4.79 Å². The van der Waals surface area contributed by atoms with Crippen LogP contribution in [0.15, 0.2) is 67.4 Å². The fourth-order valence-electron chi connectivity index (χ4n) is 2.00. The average molecular weight is 347 g/mol. The van der Waals surface area contributed by atoms with Crippen molar-refractivity contribution in [2.24, 2.45) is 0 Å². The average Bonchev–Trinajstić information content (AvgIpc) is 2.64. The second-order valence-electron chi connectivity index (χ2n) is 4.91. The zero-order valence-electron chi connectivity index (χ0n) is 13.2. The first-order valence-corrected chi connectivity index (χ1v) is 7.94. The van der Waals surface area contributed by atoms with Gasteiger partial charge < -0.3 is 14.2 Å². The molecule has 0 saturated carbocycles. The van der Waals surface area contributed by atoms with E-state index >= 15 is 0 Å². The molecule has 1 atom stereocenters. The van der Waals surface area contributed by atoms with Gasteiger partial charge >= 0.3 is 5.97 Å². The maximum Gasteiger partial charge on any atom is 0.328 e. The number of hydrogen-bond donors (Lipinski definition) is 0. The first-order valence-electron chi connectivity index (χ1n) is 7.50. The molecule has 126 valence electrons. The first kappa shape index (κ1) is 17.9. The summed E-state index contributed by atoms with van der Waals surface area (Å²) in [7, 11) is 0. The Morgan fingerprint density at radius 1 is 1.12 bits per heavy atom. The fraction of sp³-hybridized carbons (Fsp3) is 0.211. The summed E-state index contributed by atoms with van der Waals surface area (Å²) < 4.78 is 15.8. The molecule has 0 fully saturated rings. The van der Waals surface area contributed by atoms with Crippen LogP contribution in [0.25, 0.3) is 0 Å². The molecule has 0 aromatic heterocycles. The minimum Gasteiger partial charge on any atom is -0.498 e. The van der Waals surface area contributed by atoms with Crippen molar-refractivity contribution in [1.29, 1.82) is 0 Å². The molecule has 24 heavy (non-hydrogen) atoms. The summed E-state index contributed by atoms with van der Waals surface area (Å²) in [4.78, 5) is 12.0. The molecule has 0 saturated heterocycles. The van der Waals surface area contributed by atoms with Crippen LogP contribution in [0.2, 0.25) is 0 Å². The summed E-state index contributed by atoms with van der Waals surface area (Å²) in [6, 6.07) is 16.4. The molecule has 0 aliphatic carbocycles. The summed E-state index contributed by atoms with van der Waals surface area (Å²) in [5.41, 5.74) is 1.53. The van der Waals surface area contributed by atoms with Gasteiger partial charge in [0.15, 0.2) is 5.38 Å². The maximum absolute atomic E-state index is 12.0. The van der Waals surface area contributed by atoms with Gasteiger partial charge in [-0.1, -0.05) is 49.0 Å². The van der Waals surface area contributed by atoms with Crippen LogP contribution in [0.4, 0.5) is 0 Å². The lowest BCUT2D eigenvalue weighted by molar-refractivity contribution is -0.144. The van der Waals surface area contributed by atoms with Crippen LogP contribution in [0.5, 0.6) is 5.75 Å². The highest BCUT2D eigenvalue weighted by atomic mass is 35.5. The van der Waals surface area contributed by atoms with Crippen molar-refractivity contribution < 1.29 is 19.0 Å². The highest BCUT2D eigenvalue weighted by Gasteiger charge is 2.18. The number of esters is 1. The Morgan fingerprint density at radius 2 is 1.92 bits per heavy atom. The number of carbonyl (C=O) groups is 1. The Morgan fingerprint density at radius 3 is 2.67 bits per heavy atom. The minimum absolute atomic E-state index is 0.134. The van der Waals surface area contributed by atoms with Crippen molar-refractivity contribution in [2.45, 2.75) is 12.0 Å². The number of hydrogen-bond acceptors (Lipinski definition) is 4. The maximum atomic E-state index is 12.0. The van der Waals surface area contributed by atoms with Crippen LogP contribution in [0, 0.1) is 0 Å². The van der Waals surface area contributed by atoms with E-state index in [4.69, 9.17) is 25.8 Å². The Hall–Kier alpha value is -2.46. The number of rotatable bonds is 9. The highest BCUT2D eigenvalue weighted by Crippen LogP contribution is 2.22. The third-order valence-corrected chi connectivity index (χ3v) is 3.60. The lowest BCUT2D eigenvalue weighted by Gasteiger charge is -2.11. The topological polar surface area (TPSA) is 44.8 Å². The zero-order valence-corrected chi connectivity index (χ0v) is 13.9. The molecular weight excluding hydrogens is 328 g/mol. The largest absolute Gasteiger partial charge is 0.498 e. The Labute approximate surface area is 146 Å². The summed E-state index contributed by atoms with van der Waals surface area (Å²) in [5.74, 6) is 0.204. The molecule has 0 N–H and O–H groups in total. The van der Waals surface area contributed by atoms with Gasteiger partial charge in [-0.25, -0.2) is 0 Å². The van der Waals surface area contributed by atoms with Crippen LogP contribution in [-0.2, 0) is 20.9 Å². The van der Waals surface area contributed by atoms with E-state index in [0.29, 0.717) is 24.5 Å². The van der Waals surface area contributed by atoms with Crippen molar-refractivity contribution in [3.05, 3.63) is 78.6 Å². The van der Waals surface area contributed by atoms with Gasteiger partial charge in [0.2, 0.25) is 0 Å². The second kappa shape index (κ2) is 9.63. The summed E-state index contributed by atoms with van der Waals surface area (Å²) in [5, 5.41) is -0.818. The van der Waals surface area contributed by atoms with Gasteiger partial charge in [-0.15, -0.1) is 11.6 Å². The molecule has 0 radical (unpaired) electrons. The minimum atomic E-state index is -0.818. The van der Waals surface area contributed by atoms with E-state index in [1.165, 1.54) is 6.26 Å². The summed E-state index contributed by atoms with van der Waals surface area (Å²) >= 11 is 6.13. The van der Waals surface area contributed by atoms with Crippen LogP contribution in [0.3, 0.4) is 0 Å². The molecule has 1 unspecified atom stereocenters. The number of benzene rings is 2. The van der Waals surface area contributed by atoms with Crippen molar-refractivity contribution in [1.82, 2.24) is 0 Å². The third kappa shape index (κ3) is 5.63. The van der Waals surface area contributed by atoms with Crippen molar-refractivity contribution in [2.75, 3.05) is 13.2 Å². The molecule has 2 rings (SSSR count). The molecule has 5 heteroatoms. The Kier molecular flexibility index (Phi) is 7.18. The summed E-state index contributed by atoms with van der Waals surface area (Å²) in [6.45, 7) is 4.43. The number of alkyl halides is 1. The zero-order chi connectivity index (χ0) is 17.2. The normalized spacial score (nSPS) is 11.4. The first-order chi connectivity index (χ1) is 11.7. The van der Waals surface area contributed by atoms with Gasteiger partial charge in [-0.3, -0.25) is 4.79 Å². The molecule has 0 aliphatic heterocycles. The van der Waals surface area contributed by atoms with E-state index in [2.05, 4.69) is 6.58 Å². The van der Waals surface area contributed by atoms with Gasteiger partial charge in [0, 0.05) is 0 Å². The third-order valence-electron chi connectivity index (χ3n) is 3.17. The van der Waals surface area contributed by atoms with E-state index in [1.807, 2.05) is 42.5 Å². The number of ether oxygens (including phenoxy) is 3. The number of carbonyl (C=O) groups excluding carboxylic acids is 1. The molecule has 2 aromatic carbocycles. The van der Waals surface area contributed by atoms with E-state index in [0.717, 1.165) is 5.56 Å². The smallest absolute Gasteiger partial charge is 0.328 e. The summed E-state index contributed by atoms with van der Waals surface area (Å²) in [6.07, 6.45) is 1.37. The monoisotopic (exact) mass is 346 g/mol. The second-order valence-corrected chi connectivity index (χ2v) is 5.35. The Bertz CT molecular complexity index is 657. The molecule has 2 aromatic rings. The molecule has 0 bridgehead atoms. The van der Waals surface area contributed by atoms with Crippen molar-refractivity contribution in [3.8, 4) is 5.75 Å². The van der Waals surface area contributed by atoms with Crippen LogP contribution < -0.4 is 4.74 Å². The SMILES string of the molecule is C=COCCOc1cccc(COC(=O)C(Cl)c2ccccc2)c1. The van der Waals surface area contributed by atoms with Crippen LogP contribution in [-0.4, -0.2) is 19.2 Å². The van der Waals surface area contributed by atoms with Gasteiger partial charge in [-0.05, 0) is 23.3 Å². The lowest BCUT2D eigenvalue weighted by Crippen LogP contribution is -2.11. The van der Waals surface area contributed by atoms with Crippen LogP contribution >= 0.6 is 11.6 Å². The predicted molar refractivity (Wildman–Crippen MR) is 92.9 cm³/mol. The van der Waals surface area contributed by atoms with E-state index in [1.54, 1.807) is 12.1 Å². The number of halogens is 1. The lowest BCUT2D eigenvalue weighted by atomic mass is 10.1.